The van der Waals surface area contributed by atoms with E-state index in [9.17, 15) is 14.4 Å². The minimum absolute atomic E-state index is 0.205. The fraction of sp³-hybridized carbons (Fsp3) is 0.318. The second kappa shape index (κ2) is 7.63. The van der Waals surface area contributed by atoms with E-state index >= 15 is 0 Å². The number of amides is 1. The van der Waals surface area contributed by atoms with E-state index in [0.717, 1.165) is 32.6 Å². The second-order valence-corrected chi connectivity index (χ2v) is 8.14. The predicted octanol–water partition coefficient (Wildman–Crippen LogP) is 0.850. The fourth-order valence-corrected chi connectivity index (χ4v) is 3.94. The Balaban J connectivity index is 2.11. The number of rotatable bonds is 5. The Kier molecular flexibility index (Phi) is 5.08. The molecular formula is C22H25N7O3. The highest BCUT2D eigenvalue weighted by atomic mass is 16.2. The quantitative estimate of drug-likeness (QED) is 0.498. The van der Waals surface area contributed by atoms with Gasteiger partial charge in [-0.2, -0.15) is 10.1 Å². The summed E-state index contributed by atoms with van der Waals surface area (Å²) in [6, 6.07) is 8.01. The molecule has 32 heavy (non-hydrogen) atoms. The van der Waals surface area contributed by atoms with Gasteiger partial charge >= 0.3 is 5.69 Å². The smallest absolute Gasteiger partial charge is 0.332 e. The molecule has 0 saturated heterocycles. The lowest BCUT2D eigenvalue weighted by atomic mass is 10.1. The molecule has 0 fully saturated rings. The van der Waals surface area contributed by atoms with Gasteiger partial charge in [-0.15, -0.1) is 0 Å². The van der Waals surface area contributed by atoms with Gasteiger partial charge in [-0.25, -0.2) is 14.0 Å². The normalized spacial score (nSPS) is 11.4. The standard InChI is InChI=1S/C22H25N7O3/c1-12-6-7-13(2)16(8-12)10-27-18-19(24-21(27)29-15(4)9-14(3)25-29)26(5)22(32)28(20(18)31)11-17(23)30/h6-9H,10-11H2,1-5H3,(H2,23,30). The molecule has 0 atom stereocenters. The van der Waals surface area contributed by atoms with Crippen molar-refractivity contribution in [2.24, 2.45) is 12.8 Å². The molecule has 1 amide bonds. The average Bonchev–Trinajstić information content (AvgIpc) is 3.25. The van der Waals surface area contributed by atoms with Crippen molar-refractivity contribution >= 4 is 17.1 Å². The Morgan fingerprint density at radius 1 is 1.06 bits per heavy atom. The maximum Gasteiger partial charge on any atom is 0.332 e. The molecule has 1 aromatic carbocycles. The van der Waals surface area contributed by atoms with Crippen molar-refractivity contribution in [2.45, 2.75) is 40.8 Å². The van der Waals surface area contributed by atoms with Gasteiger partial charge in [0.05, 0.1) is 12.2 Å². The number of aromatic nitrogens is 6. The lowest BCUT2D eigenvalue weighted by Crippen LogP contribution is -2.42. The van der Waals surface area contributed by atoms with Crippen LogP contribution in [0.2, 0.25) is 0 Å². The van der Waals surface area contributed by atoms with Crippen LogP contribution in [0, 0.1) is 27.7 Å². The van der Waals surface area contributed by atoms with Gasteiger partial charge in [0.25, 0.3) is 5.56 Å². The van der Waals surface area contributed by atoms with Gasteiger partial charge in [0.2, 0.25) is 11.9 Å². The molecule has 0 unspecified atom stereocenters. The van der Waals surface area contributed by atoms with E-state index in [4.69, 9.17) is 5.73 Å². The lowest BCUT2D eigenvalue weighted by Gasteiger charge is -2.13. The van der Waals surface area contributed by atoms with Crippen LogP contribution in [-0.4, -0.2) is 34.4 Å². The minimum atomic E-state index is -0.775. The van der Waals surface area contributed by atoms with Crippen molar-refractivity contribution in [1.82, 2.24) is 28.5 Å². The molecule has 166 valence electrons. The zero-order valence-electron chi connectivity index (χ0n) is 18.7. The highest BCUT2D eigenvalue weighted by Crippen LogP contribution is 2.21. The zero-order valence-corrected chi connectivity index (χ0v) is 18.7. The highest BCUT2D eigenvalue weighted by Gasteiger charge is 2.23. The maximum absolute atomic E-state index is 13.4. The van der Waals surface area contributed by atoms with Crippen molar-refractivity contribution in [1.29, 1.82) is 0 Å². The van der Waals surface area contributed by atoms with Gasteiger partial charge in [-0.05, 0) is 44.9 Å². The first-order chi connectivity index (χ1) is 15.1. The van der Waals surface area contributed by atoms with Crippen LogP contribution < -0.4 is 17.0 Å². The number of carbonyl (C=O) groups excluding carboxylic acids is 1. The third-order valence-corrected chi connectivity index (χ3v) is 5.56. The molecule has 0 spiro atoms. The first kappa shape index (κ1) is 21.3. The first-order valence-corrected chi connectivity index (χ1v) is 10.2. The Morgan fingerprint density at radius 2 is 1.78 bits per heavy atom. The van der Waals surface area contributed by atoms with Crippen molar-refractivity contribution in [2.75, 3.05) is 0 Å². The van der Waals surface area contributed by atoms with Crippen LogP contribution in [0.4, 0.5) is 0 Å². The number of fused-ring (bicyclic) bond motifs is 1. The molecule has 0 radical (unpaired) electrons. The van der Waals surface area contributed by atoms with Crippen LogP contribution in [0.15, 0.2) is 33.9 Å². The number of benzene rings is 1. The molecular weight excluding hydrogens is 410 g/mol. The summed E-state index contributed by atoms with van der Waals surface area (Å²) in [5.41, 5.74) is 9.21. The van der Waals surface area contributed by atoms with E-state index in [1.54, 1.807) is 9.25 Å². The third kappa shape index (κ3) is 3.43. The zero-order chi connectivity index (χ0) is 23.3. The van der Waals surface area contributed by atoms with E-state index in [-0.39, 0.29) is 11.2 Å². The summed E-state index contributed by atoms with van der Waals surface area (Å²) in [7, 11) is 1.52. The first-order valence-electron chi connectivity index (χ1n) is 10.2. The maximum atomic E-state index is 13.4. The van der Waals surface area contributed by atoms with E-state index in [1.807, 2.05) is 45.9 Å². The Hall–Kier alpha value is -3.95. The summed E-state index contributed by atoms with van der Waals surface area (Å²) >= 11 is 0. The fourth-order valence-electron chi connectivity index (χ4n) is 3.94. The summed E-state index contributed by atoms with van der Waals surface area (Å²) in [5, 5.41) is 4.53. The number of hydrogen-bond acceptors (Lipinski definition) is 5. The Bertz CT molecular complexity index is 1500. The number of imidazole rings is 1. The molecule has 0 aliphatic carbocycles. The van der Waals surface area contributed by atoms with Crippen LogP contribution in [0.3, 0.4) is 0 Å². The SMILES string of the molecule is Cc1ccc(C)c(Cn2c(-n3nc(C)cc3C)nc3c2c(=O)n(CC(N)=O)c(=O)n3C)c1. The van der Waals surface area contributed by atoms with Gasteiger partial charge < -0.3 is 5.73 Å². The molecule has 3 aromatic heterocycles. The van der Waals surface area contributed by atoms with Gasteiger partial charge in [0, 0.05) is 12.7 Å². The summed E-state index contributed by atoms with van der Waals surface area (Å²) < 4.78 is 5.50. The summed E-state index contributed by atoms with van der Waals surface area (Å²) in [6.45, 7) is 7.59. The molecule has 4 aromatic rings. The van der Waals surface area contributed by atoms with Crippen molar-refractivity contribution in [3.63, 3.8) is 0 Å². The molecule has 4 rings (SSSR count). The van der Waals surface area contributed by atoms with Crippen molar-refractivity contribution in [3.8, 4) is 5.95 Å². The van der Waals surface area contributed by atoms with E-state index in [2.05, 4.69) is 16.1 Å². The van der Waals surface area contributed by atoms with Gasteiger partial charge in [0.15, 0.2) is 11.2 Å². The summed E-state index contributed by atoms with van der Waals surface area (Å²) in [6.07, 6.45) is 0. The second-order valence-electron chi connectivity index (χ2n) is 8.14. The largest absolute Gasteiger partial charge is 0.368 e. The minimum Gasteiger partial charge on any atom is -0.368 e. The third-order valence-electron chi connectivity index (χ3n) is 5.56. The van der Waals surface area contributed by atoms with E-state index in [1.165, 1.54) is 11.6 Å². The van der Waals surface area contributed by atoms with E-state index in [0.29, 0.717) is 12.5 Å². The highest BCUT2D eigenvalue weighted by molar-refractivity contribution is 5.75. The Morgan fingerprint density at radius 3 is 2.41 bits per heavy atom. The van der Waals surface area contributed by atoms with E-state index < -0.39 is 23.7 Å². The van der Waals surface area contributed by atoms with Crippen LogP contribution >= 0.6 is 0 Å². The predicted molar refractivity (Wildman–Crippen MR) is 120 cm³/mol. The number of primary amides is 1. The number of nitrogens with zero attached hydrogens (tertiary/aromatic N) is 6. The molecule has 0 bridgehead atoms. The Labute approximate surface area is 183 Å². The topological polar surface area (TPSA) is 123 Å². The van der Waals surface area contributed by atoms with Gasteiger partial charge in [0.1, 0.15) is 6.54 Å². The van der Waals surface area contributed by atoms with Gasteiger partial charge in [-0.1, -0.05) is 23.8 Å². The molecule has 10 heteroatoms. The molecule has 0 aliphatic heterocycles. The number of nitrogens with two attached hydrogens (primary N) is 1. The number of carbonyl (C=O) groups is 1. The summed E-state index contributed by atoms with van der Waals surface area (Å²) in [4.78, 5) is 42.3. The molecule has 2 N–H and O–H groups in total. The summed E-state index contributed by atoms with van der Waals surface area (Å²) in [5.74, 6) is -0.363. The molecule has 0 aliphatic rings. The average molecular weight is 435 g/mol. The lowest BCUT2D eigenvalue weighted by molar-refractivity contribution is -0.118. The molecule has 0 saturated carbocycles. The molecule has 3 heterocycles. The van der Waals surface area contributed by atoms with Crippen molar-refractivity contribution < 1.29 is 4.79 Å². The van der Waals surface area contributed by atoms with Crippen LogP contribution in [0.1, 0.15) is 28.1 Å². The van der Waals surface area contributed by atoms with Crippen LogP contribution in [-0.2, 0) is 24.9 Å². The van der Waals surface area contributed by atoms with Crippen molar-refractivity contribution in [3.05, 3.63) is 73.2 Å². The number of aryl methyl sites for hydroxylation is 5. The number of hydrogen-bond donors (Lipinski definition) is 1. The monoisotopic (exact) mass is 435 g/mol. The molecule has 10 nitrogen and oxygen atoms in total. The van der Waals surface area contributed by atoms with Gasteiger partial charge in [-0.3, -0.25) is 18.7 Å². The van der Waals surface area contributed by atoms with Crippen LogP contribution in [0.25, 0.3) is 17.1 Å². The van der Waals surface area contributed by atoms with Crippen LogP contribution in [0.5, 0.6) is 0 Å².